The Balaban J connectivity index is 1.66. The molecule has 0 atom stereocenters. The summed E-state index contributed by atoms with van der Waals surface area (Å²) >= 11 is 0. The van der Waals surface area contributed by atoms with Crippen molar-refractivity contribution in [3.63, 3.8) is 0 Å². The number of nitrogens with zero attached hydrogens (tertiary/aromatic N) is 5. The summed E-state index contributed by atoms with van der Waals surface area (Å²) in [7, 11) is 3.75. The fourth-order valence-corrected chi connectivity index (χ4v) is 4.24. The largest absolute Gasteiger partial charge is 0.385 e. The van der Waals surface area contributed by atoms with Gasteiger partial charge in [-0.25, -0.2) is 4.99 Å². The molecular weight excluding hydrogens is 328 g/mol. The molecule has 1 aliphatic heterocycles. The van der Waals surface area contributed by atoms with Crippen LogP contribution >= 0.6 is 0 Å². The number of aromatic nitrogens is 3. The lowest BCUT2D eigenvalue weighted by Crippen LogP contribution is -2.42. The molecule has 1 aliphatic carbocycles. The second-order valence-corrected chi connectivity index (χ2v) is 7.87. The summed E-state index contributed by atoms with van der Waals surface area (Å²) < 4.78 is 7.18. The predicted octanol–water partition coefficient (Wildman–Crippen LogP) is 2.26. The fraction of sp³-hybridized carbons (Fsp3) is 0.842. The number of guanidine groups is 1. The van der Waals surface area contributed by atoms with Gasteiger partial charge in [-0.3, -0.25) is 0 Å². The Hall–Kier alpha value is -1.63. The first-order valence-corrected chi connectivity index (χ1v) is 10.0. The topological polar surface area (TPSA) is 67.6 Å². The van der Waals surface area contributed by atoms with Gasteiger partial charge in [0.15, 0.2) is 11.8 Å². The van der Waals surface area contributed by atoms with Gasteiger partial charge in [0.2, 0.25) is 0 Å². The Morgan fingerprint density at radius 2 is 2.04 bits per heavy atom. The molecule has 0 radical (unpaired) electrons. The standard InChI is InChI=1S/C19H34N6O/c1-16-22-23-17(24(16)2)14-21-18(20-11-7-13-26-3)25-12-10-19(15-25)8-5-4-6-9-19/h4-15H2,1-3H3,(H,20,21). The SMILES string of the molecule is COCCCNC(=NCc1nnc(C)n1C)N1CCC2(CCCCC2)C1. The Labute approximate surface area is 157 Å². The van der Waals surface area contributed by atoms with Crippen LogP contribution in [0.1, 0.15) is 56.6 Å². The van der Waals surface area contributed by atoms with Crippen LogP contribution in [0.4, 0.5) is 0 Å². The Morgan fingerprint density at radius 1 is 1.23 bits per heavy atom. The minimum absolute atomic E-state index is 0.522. The van der Waals surface area contributed by atoms with Gasteiger partial charge in [-0.05, 0) is 38.0 Å². The highest BCUT2D eigenvalue weighted by atomic mass is 16.5. The molecule has 1 spiro atoms. The molecule has 1 aromatic heterocycles. The number of likely N-dealkylation sites (tertiary alicyclic amines) is 1. The zero-order valence-corrected chi connectivity index (χ0v) is 16.6. The van der Waals surface area contributed by atoms with Gasteiger partial charge in [-0.2, -0.15) is 0 Å². The molecule has 3 rings (SSSR count). The van der Waals surface area contributed by atoms with Crippen molar-refractivity contribution < 1.29 is 4.74 Å². The highest BCUT2D eigenvalue weighted by molar-refractivity contribution is 5.80. The van der Waals surface area contributed by atoms with Crippen LogP contribution < -0.4 is 5.32 Å². The van der Waals surface area contributed by atoms with E-state index in [4.69, 9.17) is 9.73 Å². The molecule has 1 saturated carbocycles. The summed E-state index contributed by atoms with van der Waals surface area (Å²) in [6.07, 6.45) is 9.22. The number of hydrogen-bond donors (Lipinski definition) is 1. The first-order valence-electron chi connectivity index (χ1n) is 10.0. The molecule has 0 unspecified atom stereocenters. The molecule has 0 amide bonds. The number of nitrogens with one attached hydrogen (secondary N) is 1. The fourth-order valence-electron chi connectivity index (χ4n) is 4.24. The van der Waals surface area contributed by atoms with E-state index in [1.165, 1.54) is 38.5 Å². The number of aliphatic imine (C=N–C) groups is 1. The summed E-state index contributed by atoms with van der Waals surface area (Å²) in [6, 6.07) is 0. The lowest BCUT2D eigenvalue weighted by molar-refractivity contribution is 0.194. The average Bonchev–Trinajstić information content (AvgIpc) is 3.20. The maximum absolute atomic E-state index is 5.17. The molecule has 1 saturated heterocycles. The lowest BCUT2D eigenvalue weighted by atomic mass is 9.73. The lowest BCUT2D eigenvalue weighted by Gasteiger charge is -2.33. The average molecular weight is 363 g/mol. The van der Waals surface area contributed by atoms with E-state index >= 15 is 0 Å². The minimum atomic E-state index is 0.522. The summed E-state index contributed by atoms with van der Waals surface area (Å²) in [4.78, 5) is 7.35. The molecule has 146 valence electrons. The van der Waals surface area contributed by atoms with E-state index in [-0.39, 0.29) is 0 Å². The van der Waals surface area contributed by atoms with Crippen molar-refractivity contribution in [2.45, 2.75) is 58.4 Å². The molecule has 1 aromatic rings. The highest BCUT2D eigenvalue weighted by Crippen LogP contribution is 2.43. The van der Waals surface area contributed by atoms with Crippen molar-refractivity contribution in [2.75, 3.05) is 33.4 Å². The van der Waals surface area contributed by atoms with Gasteiger partial charge in [0.25, 0.3) is 0 Å². The molecule has 2 heterocycles. The van der Waals surface area contributed by atoms with Crippen LogP contribution in [0.5, 0.6) is 0 Å². The van der Waals surface area contributed by atoms with Gasteiger partial charge in [0.1, 0.15) is 12.4 Å². The summed E-state index contributed by atoms with van der Waals surface area (Å²) in [5.41, 5.74) is 0.522. The summed E-state index contributed by atoms with van der Waals surface area (Å²) in [5, 5.41) is 11.9. The van der Waals surface area contributed by atoms with Crippen molar-refractivity contribution in [3.05, 3.63) is 11.6 Å². The van der Waals surface area contributed by atoms with Crippen molar-refractivity contribution in [2.24, 2.45) is 17.5 Å². The third kappa shape index (κ3) is 4.55. The highest BCUT2D eigenvalue weighted by Gasteiger charge is 2.39. The van der Waals surface area contributed by atoms with E-state index < -0.39 is 0 Å². The van der Waals surface area contributed by atoms with E-state index in [9.17, 15) is 0 Å². The van der Waals surface area contributed by atoms with Crippen LogP contribution in [-0.2, 0) is 18.3 Å². The van der Waals surface area contributed by atoms with Crippen LogP contribution in [0, 0.1) is 12.3 Å². The number of rotatable bonds is 6. The van der Waals surface area contributed by atoms with Gasteiger partial charge in [-0.15, -0.1) is 10.2 Å². The molecule has 1 N–H and O–H groups in total. The van der Waals surface area contributed by atoms with Gasteiger partial charge < -0.3 is 19.5 Å². The monoisotopic (exact) mass is 362 g/mol. The van der Waals surface area contributed by atoms with Crippen LogP contribution in [0.2, 0.25) is 0 Å². The van der Waals surface area contributed by atoms with Crippen LogP contribution in [0.15, 0.2) is 4.99 Å². The van der Waals surface area contributed by atoms with Crippen molar-refractivity contribution in [1.29, 1.82) is 0 Å². The molecule has 2 fully saturated rings. The molecular formula is C19H34N6O. The van der Waals surface area contributed by atoms with Gasteiger partial charge in [0.05, 0.1) is 0 Å². The van der Waals surface area contributed by atoms with Crippen LogP contribution in [-0.4, -0.2) is 59.0 Å². The van der Waals surface area contributed by atoms with E-state index in [0.29, 0.717) is 12.0 Å². The molecule has 26 heavy (non-hydrogen) atoms. The Kier molecular flexibility index (Phi) is 6.51. The molecule has 0 aromatic carbocycles. The molecule has 2 aliphatic rings. The molecule has 7 heteroatoms. The zero-order valence-electron chi connectivity index (χ0n) is 16.6. The van der Waals surface area contributed by atoms with Crippen LogP contribution in [0.25, 0.3) is 0 Å². The van der Waals surface area contributed by atoms with E-state index in [1.54, 1.807) is 7.11 Å². The number of ether oxygens (including phenoxy) is 1. The number of aryl methyl sites for hydroxylation is 1. The first-order chi connectivity index (χ1) is 12.6. The van der Waals surface area contributed by atoms with Gasteiger partial charge in [-0.1, -0.05) is 19.3 Å². The Bertz CT molecular complexity index is 605. The quantitative estimate of drug-likeness (QED) is 0.478. The van der Waals surface area contributed by atoms with Gasteiger partial charge >= 0.3 is 0 Å². The zero-order chi connectivity index (χ0) is 18.4. The van der Waals surface area contributed by atoms with Gasteiger partial charge in [0, 0.05) is 40.4 Å². The van der Waals surface area contributed by atoms with Crippen molar-refractivity contribution in [3.8, 4) is 0 Å². The van der Waals surface area contributed by atoms with E-state index in [2.05, 4.69) is 20.4 Å². The van der Waals surface area contributed by atoms with E-state index in [1.807, 2.05) is 18.5 Å². The summed E-state index contributed by atoms with van der Waals surface area (Å²) in [5.74, 6) is 2.85. The van der Waals surface area contributed by atoms with Crippen LogP contribution in [0.3, 0.4) is 0 Å². The normalized spacial score (nSPS) is 20.1. The molecule has 0 bridgehead atoms. The predicted molar refractivity (Wildman–Crippen MR) is 103 cm³/mol. The number of methoxy groups -OCH3 is 1. The van der Waals surface area contributed by atoms with E-state index in [0.717, 1.165) is 50.3 Å². The van der Waals surface area contributed by atoms with Crippen molar-refractivity contribution >= 4 is 5.96 Å². The maximum Gasteiger partial charge on any atom is 0.194 e. The number of hydrogen-bond acceptors (Lipinski definition) is 4. The summed E-state index contributed by atoms with van der Waals surface area (Å²) in [6.45, 7) is 6.43. The third-order valence-corrected chi connectivity index (χ3v) is 6.01. The molecule has 7 nitrogen and oxygen atoms in total. The Morgan fingerprint density at radius 3 is 2.73 bits per heavy atom. The maximum atomic E-state index is 5.17. The van der Waals surface area contributed by atoms with Crippen molar-refractivity contribution in [1.82, 2.24) is 25.0 Å². The first kappa shape index (κ1) is 19.1. The second-order valence-electron chi connectivity index (χ2n) is 7.87. The minimum Gasteiger partial charge on any atom is -0.385 e. The smallest absolute Gasteiger partial charge is 0.194 e. The third-order valence-electron chi connectivity index (χ3n) is 6.01. The second kappa shape index (κ2) is 8.84.